The fourth-order valence-electron chi connectivity index (χ4n) is 1.55. The van der Waals surface area contributed by atoms with E-state index >= 15 is 0 Å². The van der Waals surface area contributed by atoms with Crippen molar-refractivity contribution in [3.63, 3.8) is 0 Å². The first-order chi connectivity index (χ1) is 7.22. The number of carbonyl (C=O) groups is 1. The molecule has 0 spiro atoms. The molecule has 15 heavy (non-hydrogen) atoms. The lowest BCUT2D eigenvalue weighted by molar-refractivity contribution is 0.0528. The van der Waals surface area contributed by atoms with E-state index in [9.17, 15) is 4.79 Å². The minimum Gasteiger partial charge on any atom is -0.462 e. The number of rotatable bonds is 2. The molecule has 2 aromatic heterocycles. The molecule has 2 aromatic rings. The van der Waals surface area contributed by atoms with Crippen molar-refractivity contribution in [3.8, 4) is 0 Å². The Morgan fingerprint density at radius 3 is 3.13 bits per heavy atom. The van der Waals surface area contributed by atoms with Crippen LogP contribution in [0.3, 0.4) is 0 Å². The van der Waals surface area contributed by atoms with Crippen LogP contribution in [0.2, 0.25) is 0 Å². The minimum absolute atomic E-state index is 0.299. The SMILES string of the molecule is CCOC(=O)c1cc(C)cn2cncc12. The fourth-order valence-corrected chi connectivity index (χ4v) is 1.55. The largest absolute Gasteiger partial charge is 0.462 e. The van der Waals surface area contributed by atoms with Crippen molar-refractivity contribution in [2.24, 2.45) is 0 Å². The summed E-state index contributed by atoms with van der Waals surface area (Å²) in [5, 5.41) is 0. The number of aromatic nitrogens is 2. The van der Waals surface area contributed by atoms with Crippen molar-refractivity contribution in [2.45, 2.75) is 13.8 Å². The van der Waals surface area contributed by atoms with Crippen LogP contribution in [-0.4, -0.2) is 22.0 Å². The zero-order valence-electron chi connectivity index (χ0n) is 8.73. The van der Waals surface area contributed by atoms with E-state index in [1.807, 2.05) is 23.6 Å². The lowest BCUT2D eigenvalue weighted by Gasteiger charge is -2.05. The number of hydrogen-bond acceptors (Lipinski definition) is 3. The van der Waals surface area contributed by atoms with Crippen LogP contribution in [0, 0.1) is 6.92 Å². The van der Waals surface area contributed by atoms with Gasteiger partial charge in [0, 0.05) is 6.20 Å². The fraction of sp³-hybridized carbons (Fsp3) is 0.273. The van der Waals surface area contributed by atoms with Crippen LogP contribution >= 0.6 is 0 Å². The maximum atomic E-state index is 11.6. The molecule has 0 bridgehead atoms. The van der Waals surface area contributed by atoms with Gasteiger partial charge in [-0.15, -0.1) is 0 Å². The number of carbonyl (C=O) groups excluding carboxylic acids is 1. The molecule has 2 rings (SSSR count). The number of hydrogen-bond donors (Lipinski definition) is 0. The average molecular weight is 204 g/mol. The highest BCUT2D eigenvalue weighted by molar-refractivity contribution is 5.96. The van der Waals surface area contributed by atoms with Gasteiger partial charge in [-0.2, -0.15) is 0 Å². The Labute approximate surface area is 87.5 Å². The molecule has 0 aliphatic carbocycles. The highest BCUT2D eigenvalue weighted by Crippen LogP contribution is 2.14. The highest BCUT2D eigenvalue weighted by atomic mass is 16.5. The summed E-state index contributed by atoms with van der Waals surface area (Å²) in [6, 6.07) is 1.81. The topological polar surface area (TPSA) is 43.6 Å². The summed E-state index contributed by atoms with van der Waals surface area (Å²) in [6.07, 6.45) is 5.25. The maximum Gasteiger partial charge on any atom is 0.340 e. The Morgan fingerprint density at radius 1 is 1.60 bits per heavy atom. The molecule has 0 aliphatic heterocycles. The summed E-state index contributed by atoms with van der Waals surface area (Å²) >= 11 is 0. The van der Waals surface area contributed by atoms with Crippen LogP contribution in [0.5, 0.6) is 0 Å². The quantitative estimate of drug-likeness (QED) is 0.701. The van der Waals surface area contributed by atoms with E-state index in [1.54, 1.807) is 19.4 Å². The second-order valence-corrected chi connectivity index (χ2v) is 3.34. The molecule has 0 fully saturated rings. The number of pyridine rings is 1. The van der Waals surface area contributed by atoms with Crippen LogP contribution in [0.1, 0.15) is 22.8 Å². The van der Waals surface area contributed by atoms with Crippen LogP contribution in [0.25, 0.3) is 5.52 Å². The number of ether oxygens (including phenoxy) is 1. The molecule has 0 atom stereocenters. The zero-order valence-corrected chi connectivity index (χ0v) is 8.73. The third-order valence-electron chi connectivity index (χ3n) is 2.15. The van der Waals surface area contributed by atoms with Gasteiger partial charge in [-0.25, -0.2) is 9.78 Å². The van der Waals surface area contributed by atoms with Gasteiger partial charge < -0.3 is 9.14 Å². The second kappa shape index (κ2) is 3.73. The van der Waals surface area contributed by atoms with Crippen molar-refractivity contribution in [1.29, 1.82) is 0 Å². The molecule has 0 saturated heterocycles. The molecule has 0 radical (unpaired) electrons. The predicted molar refractivity (Wildman–Crippen MR) is 55.9 cm³/mol. The highest BCUT2D eigenvalue weighted by Gasteiger charge is 2.12. The van der Waals surface area contributed by atoms with Gasteiger partial charge in [0.15, 0.2) is 0 Å². The van der Waals surface area contributed by atoms with E-state index in [0.717, 1.165) is 11.1 Å². The van der Waals surface area contributed by atoms with E-state index in [2.05, 4.69) is 4.98 Å². The summed E-state index contributed by atoms with van der Waals surface area (Å²) in [5.41, 5.74) is 2.34. The molecule has 0 N–H and O–H groups in total. The number of aryl methyl sites for hydroxylation is 1. The lowest BCUT2D eigenvalue weighted by Crippen LogP contribution is -2.06. The summed E-state index contributed by atoms with van der Waals surface area (Å²) in [6.45, 7) is 4.11. The molecule has 78 valence electrons. The standard InChI is InChI=1S/C11H12N2O2/c1-3-15-11(14)9-4-8(2)6-13-7-12-5-10(9)13/h4-7H,3H2,1-2H3. The molecule has 2 heterocycles. The molecular weight excluding hydrogens is 192 g/mol. The van der Waals surface area contributed by atoms with Crippen LogP contribution in [0.4, 0.5) is 0 Å². The Balaban J connectivity index is 2.57. The maximum absolute atomic E-state index is 11.6. The molecule has 0 amide bonds. The zero-order chi connectivity index (χ0) is 10.8. The molecule has 0 aliphatic rings. The van der Waals surface area contributed by atoms with Crippen LogP contribution < -0.4 is 0 Å². The van der Waals surface area contributed by atoms with Crippen molar-refractivity contribution in [1.82, 2.24) is 9.38 Å². The molecular formula is C11H12N2O2. The number of imidazole rings is 1. The number of nitrogens with zero attached hydrogens (tertiary/aromatic N) is 2. The number of fused-ring (bicyclic) bond motifs is 1. The predicted octanol–water partition coefficient (Wildman–Crippen LogP) is 1.82. The second-order valence-electron chi connectivity index (χ2n) is 3.34. The van der Waals surface area contributed by atoms with E-state index in [0.29, 0.717) is 12.2 Å². The van der Waals surface area contributed by atoms with Crippen LogP contribution in [-0.2, 0) is 4.74 Å². The van der Waals surface area contributed by atoms with Gasteiger partial charge in [0.1, 0.15) is 0 Å². The van der Waals surface area contributed by atoms with Crippen LogP contribution in [0.15, 0.2) is 24.8 Å². The summed E-state index contributed by atoms with van der Waals surface area (Å²) in [5.74, 6) is -0.299. The summed E-state index contributed by atoms with van der Waals surface area (Å²) < 4.78 is 6.80. The summed E-state index contributed by atoms with van der Waals surface area (Å²) in [7, 11) is 0. The van der Waals surface area contributed by atoms with Gasteiger partial charge in [-0.1, -0.05) is 0 Å². The monoisotopic (exact) mass is 204 g/mol. The Hall–Kier alpha value is -1.84. The Bertz CT molecular complexity index is 502. The molecule has 4 heteroatoms. The Kier molecular flexibility index (Phi) is 2.41. The first-order valence-electron chi connectivity index (χ1n) is 4.82. The molecule has 0 saturated carbocycles. The van der Waals surface area contributed by atoms with E-state index in [1.165, 1.54) is 0 Å². The minimum atomic E-state index is -0.299. The third-order valence-corrected chi connectivity index (χ3v) is 2.15. The summed E-state index contributed by atoms with van der Waals surface area (Å²) in [4.78, 5) is 15.6. The van der Waals surface area contributed by atoms with Crippen molar-refractivity contribution >= 4 is 11.5 Å². The first kappa shape index (κ1) is 9.71. The molecule has 4 nitrogen and oxygen atoms in total. The van der Waals surface area contributed by atoms with E-state index in [4.69, 9.17) is 4.74 Å². The van der Waals surface area contributed by atoms with Gasteiger partial charge in [0.05, 0.1) is 30.2 Å². The van der Waals surface area contributed by atoms with Crippen molar-refractivity contribution in [2.75, 3.05) is 6.61 Å². The van der Waals surface area contributed by atoms with Gasteiger partial charge in [-0.05, 0) is 25.5 Å². The van der Waals surface area contributed by atoms with Gasteiger partial charge >= 0.3 is 5.97 Å². The molecule has 0 unspecified atom stereocenters. The van der Waals surface area contributed by atoms with Crippen molar-refractivity contribution in [3.05, 3.63) is 35.9 Å². The normalized spacial score (nSPS) is 10.5. The van der Waals surface area contributed by atoms with Gasteiger partial charge in [0.25, 0.3) is 0 Å². The van der Waals surface area contributed by atoms with E-state index in [-0.39, 0.29) is 5.97 Å². The first-order valence-corrected chi connectivity index (χ1v) is 4.82. The average Bonchev–Trinajstić information content (AvgIpc) is 2.64. The van der Waals surface area contributed by atoms with E-state index < -0.39 is 0 Å². The number of esters is 1. The van der Waals surface area contributed by atoms with Gasteiger partial charge in [0.2, 0.25) is 0 Å². The Morgan fingerprint density at radius 2 is 2.40 bits per heavy atom. The smallest absolute Gasteiger partial charge is 0.340 e. The lowest BCUT2D eigenvalue weighted by atomic mass is 10.2. The van der Waals surface area contributed by atoms with Crippen molar-refractivity contribution < 1.29 is 9.53 Å². The third kappa shape index (κ3) is 1.70. The van der Waals surface area contributed by atoms with Gasteiger partial charge in [-0.3, -0.25) is 0 Å². The molecule has 0 aromatic carbocycles.